The Morgan fingerprint density at radius 2 is 1.88 bits per heavy atom. The van der Waals surface area contributed by atoms with Crippen molar-refractivity contribution in [2.45, 2.75) is 19.9 Å². The van der Waals surface area contributed by atoms with E-state index in [-0.39, 0.29) is 11.8 Å². The number of rotatable bonds is 4. The summed E-state index contributed by atoms with van der Waals surface area (Å²) in [6.07, 6.45) is 0.349. The first-order valence-corrected chi connectivity index (χ1v) is 8.84. The maximum atomic E-state index is 12.8. The molecule has 0 atom stereocenters. The molecule has 26 heavy (non-hydrogen) atoms. The van der Waals surface area contributed by atoms with E-state index < -0.39 is 0 Å². The summed E-state index contributed by atoms with van der Waals surface area (Å²) in [7, 11) is 1.63. The summed E-state index contributed by atoms with van der Waals surface area (Å²) in [5, 5.41) is 0. The molecule has 136 valence electrons. The second kappa shape index (κ2) is 8.04. The molecule has 0 aromatic heterocycles. The zero-order chi connectivity index (χ0) is 18.5. The van der Waals surface area contributed by atoms with Gasteiger partial charge < -0.3 is 14.5 Å². The van der Waals surface area contributed by atoms with Crippen molar-refractivity contribution in [3.63, 3.8) is 0 Å². The van der Waals surface area contributed by atoms with Crippen LogP contribution in [-0.4, -0.2) is 48.4 Å². The van der Waals surface area contributed by atoms with Gasteiger partial charge in [0.05, 0.1) is 7.11 Å². The van der Waals surface area contributed by atoms with Gasteiger partial charge in [0, 0.05) is 38.2 Å². The minimum absolute atomic E-state index is 0.000805. The number of carbonyl (C=O) groups is 2. The van der Waals surface area contributed by atoms with Gasteiger partial charge in [-0.3, -0.25) is 9.59 Å². The molecular formula is C21H24N2O3. The molecule has 5 heteroatoms. The number of ether oxygens (including phenoxy) is 1. The van der Waals surface area contributed by atoms with Gasteiger partial charge in [0.1, 0.15) is 5.75 Å². The summed E-state index contributed by atoms with van der Waals surface area (Å²) in [6.45, 7) is 4.00. The Labute approximate surface area is 154 Å². The Balaban J connectivity index is 1.69. The van der Waals surface area contributed by atoms with Gasteiger partial charge in [-0.25, -0.2) is 0 Å². The van der Waals surface area contributed by atoms with E-state index in [1.165, 1.54) is 0 Å². The van der Waals surface area contributed by atoms with Crippen molar-refractivity contribution >= 4 is 11.8 Å². The molecule has 0 N–H and O–H groups in total. The van der Waals surface area contributed by atoms with Crippen molar-refractivity contribution in [3.05, 3.63) is 65.2 Å². The molecule has 5 nitrogen and oxygen atoms in total. The van der Waals surface area contributed by atoms with E-state index >= 15 is 0 Å². The van der Waals surface area contributed by atoms with Crippen LogP contribution in [0.15, 0.2) is 48.5 Å². The lowest BCUT2D eigenvalue weighted by Gasteiger charge is -2.23. The highest BCUT2D eigenvalue weighted by molar-refractivity contribution is 5.96. The van der Waals surface area contributed by atoms with Gasteiger partial charge in [-0.05, 0) is 36.2 Å². The van der Waals surface area contributed by atoms with Crippen LogP contribution in [0.2, 0.25) is 0 Å². The summed E-state index contributed by atoms with van der Waals surface area (Å²) < 4.78 is 5.25. The van der Waals surface area contributed by atoms with Crippen molar-refractivity contribution in [1.82, 2.24) is 9.80 Å². The fourth-order valence-corrected chi connectivity index (χ4v) is 3.21. The normalized spacial score (nSPS) is 14.9. The quantitative estimate of drug-likeness (QED) is 0.850. The summed E-state index contributed by atoms with van der Waals surface area (Å²) in [5.41, 5.74) is 2.69. The minimum Gasteiger partial charge on any atom is -0.497 e. The molecule has 1 saturated heterocycles. The van der Waals surface area contributed by atoms with Crippen molar-refractivity contribution in [2.75, 3.05) is 26.7 Å². The van der Waals surface area contributed by atoms with E-state index in [1.807, 2.05) is 60.4 Å². The van der Waals surface area contributed by atoms with E-state index in [0.29, 0.717) is 38.2 Å². The van der Waals surface area contributed by atoms with Crippen molar-refractivity contribution in [3.8, 4) is 5.75 Å². The molecular weight excluding hydrogens is 328 g/mol. The number of benzene rings is 2. The average molecular weight is 352 g/mol. The second-order valence-corrected chi connectivity index (χ2v) is 6.52. The van der Waals surface area contributed by atoms with Gasteiger partial charge >= 0.3 is 0 Å². The van der Waals surface area contributed by atoms with Crippen molar-refractivity contribution < 1.29 is 14.3 Å². The molecule has 0 bridgehead atoms. The van der Waals surface area contributed by atoms with Gasteiger partial charge in [0.15, 0.2) is 0 Å². The molecule has 1 aliphatic rings. The maximum absolute atomic E-state index is 12.8. The summed E-state index contributed by atoms with van der Waals surface area (Å²) in [5.74, 6) is 0.855. The van der Waals surface area contributed by atoms with E-state index in [0.717, 1.165) is 16.9 Å². The molecule has 2 amide bonds. The number of carbonyl (C=O) groups excluding carboxylic acids is 2. The van der Waals surface area contributed by atoms with E-state index in [1.54, 1.807) is 12.0 Å². The number of nitrogens with zero attached hydrogens (tertiary/aromatic N) is 2. The van der Waals surface area contributed by atoms with Crippen LogP contribution in [0.4, 0.5) is 0 Å². The molecule has 1 fully saturated rings. The first kappa shape index (κ1) is 18.0. The van der Waals surface area contributed by atoms with Gasteiger partial charge in [0.2, 0.25) is 5.91 Å². The monoisotopic (exact) mass is 352 g/mol. The molecule has 0 unspecified atom stereocenters. The molecule has 1 heterocycles. The molecule has 1 aliphatic heterocycles. The third-order valence-electron chi connectivity index (χ3n) is 4.76. The van der Waals surface area contributed by atoms with Crippen LogP contribution in [0.1, 0.15) is 27.9 Å². The highest BCUT2D eigenvalue weighted by Crippen LogP contribution is 2.17. The lowest BCUT2D eigenvalue weighted by molar-refractivity contribution is -0.130. The molecule has 0 saturated carbocycles. The first-order chi connectivity index (χ1) is 12.6. The standard InChI is InChI=1S/C21H24N2O3/c1-16-6-3-4-9-19(16)21(25)22-11-10-20(24)23(13-12-22)15-17-7-5-8-18(14-17)26-2/h3-9,14H,10-13,15H2,1-2H3. The van der Waals surface area contributed by atoms with Crippen LogP contribution in [0, 0.1) is 6.92 Å². The van der Waals surface area contributed by atoms with Gasteiger partial charge in [-0.2, -0.15) is 0 Å². The highest BCUT2D eigenvalue weighted by Gasteiger charge is 2.25. The second-order valence-electron chi connectivity index (χ2n) is 6.52. The van der Waals surface area contributed by atoms with Crippen LogP contribution in [0.3, 0.4) is 0 Å². The maximum Gasteiger partial charge on any atom is 0.254 e. The van der Waals surface area contributed by atoms with Crippen molar-refractivity contribution in [2.24, 2.45) is 0 Å². The zero-order valence-electron chi connectivity index (χ0n) is 15.3. The Kier molecular flexibility index (Phi) is 5.56. The summed E-state index contributed by atoms with van der Waals surface area (Å²) >= 11 is 0. The van der Waals surface area contributed by atoms with Crippen LogP contribution in [0.5, 0.6) is 5.75 Å². The molecule has 2 aromatic carbocycles. The number of methoxy groups -OCH3 is 1. The first-order valence-electron chi connectivity index (χ1n) is 8.84. The molecule has 0 radical (unpaired) electrons. The molecule has 0 spiro atoms. The predicted molar refractivity (Wildman–Crippen MR) is 100 cm³/mol. The largest absolute Gasteiger partial charge is 0.497 e. The van der Waals surface area contributed by atoms with E-state index in [4.69, 9.17) is 4.74 Å². The highest BCUT2D eigenvalue weighted by atomic mass is 16.5. The number of amides is 2. The number of aryl methyl sites for hydroxylation is 1. The Hall–Kier alpha value is -2.82. The predicted octanol–water partition coefficient (Wildman–Crippen LogP) is 2.88. The van der Waals surface area contributed by atoms with Crippen LogP contribution in [-0.2, 0) is 11.3 Å². The van der Waals surface area contributed by atoms with Gasteiger partial charge in [0.25, 0.3) is 5.91 Å². The Morgan fingerprint density at radius 1 is 1.08 bits per heavy atom. The number of hydrogen-bond acceptors (Lipinski definition) is 3. The van der Waals surface area contributed by atoms with Gasteiger partial charge in [-0.1, -0.05) is 30.3 Å². The van der Waals surface area contributed by atoms with Crippen LogP contribution in [0.25, 0.3) is 0 Å². The lowest BCUT2D eigenvalue weighted by atomic mass is 10.1. The molecule has 0 aliphatic carbocycles. The van der Waals surface area contributed by atoms with E-state index in [9.17, 15) is 9.59 Å². The number of hydrogen-bond donors (Lipinski definition) is 0. The Morgan fingerprint density at radius 3 is 2.65 bits per heavy atom. The van der Waals surface area contributed by atoms with Crippen LogP contribution < -0.4 is 4.74 Å². The zero-order valence-corrected chi connectivity index (χ0v) is 15.3. The van der Waals surface area contributed by atoms with Crippen LogP contribution >= 0.6 is 0 Å². The fraction of sp³-hybridized carbons (Fsp3) is 0.333. The third-order valence-corrected chi connectivity index (χ3v) is 4.76. The van der Waals surface area contributed by atoms with Gasteiger partial charge in [-0.15, -0.1) is 0 Å². The minimum atomic E-state index is -0.000805. The molecule has 2 aromatic rings. The fourth-order valence-electron chi connectivity index (χ4n) is 3.21. The van der Waals surface area contributed by atoms with E-state index in [2.05, 4.69) is 0 Å². The smallest absolute Gasteiger partial charge is 0.254 e. The SMILES string of the molecule is COc1cccc(CN2CCN(C(=O)c3ccccc3C)CCC2=O)c1. The summed E-state index contributed by atoms with van der Waals surface area (Å²) in [4.78, 5) is 28.9. The topological polar surface area (TPSA) is 49.9 Å². The molecule has 3 rings (SSSR count). The Bertz CT molecular complexity index is 803. The average Bonchev–Trinajstić information content (AvgIpc) is 2.84. The lowest BCUT2D eigenvalue weighted by Crippen LogP contribution is -2.36. The third kappa shape index (κ3) is 4.04. The summed E-state index contributed by atoms with van der Waals surface area (Å²) in [6, 6.07) is 15.3. The van der Waals surface area contributed by atoms with Crippen molar-refractivity contribution in [1.29, 1.82) is 0 Å².